The average molecular weight is 435 g/mol. The highest BCUT2D eigenvalue weighted by Gasteiger charge is 2.37. The fourth-order valence-corrected chi connectivity index (χ4v) is 2.47. The van der Waals surface area contributed by atoms with Gasteiger partial charge in [-0.2, -0.15) is 13.2 Å². The molecule has 0 N–H and O–H groups in total. The van der Waals surface area contributed by atoms with Crippen molar-refractivity contribution in [3.8, 4) is 0 Å². The second-order valence-corrected chi connectivity index (χ2v) is 6.33. The Morgan fingerprint density at radius 2 is 1.80 bits per heavy atom. The number of halogens is 4. The molecule has 0 fully saturated rings. The largest absolute Gasteiger partial charge is 0.455 e. The average Bonchev–Trinajstić information content (AvgIpc) is 2.73. The number of carbonyl (C=O) groups excluding carboxylic acids is 1. The molecule has 1 aromatic carbocycles. The van der Waals surface area contributed by atoms with Crippen molar-refractivity contribution < 1.29 is 22.8 Å². The Bertz CT molecular complexity index is 1110. The zero-order valence-corrected chi connectivity index (χ0v) is 16.0. The summed E-state index contributed by atoms with van der Waals surface area (Å²) in [5.41, 5.74) is 0.722. The van der Waals surface area contributed by atoms with Crippen molar-refractivity contribution in [1.82, 2.24) is 9.55 Å². The van der Waals surface area contributed by atoms with Gasteiger partial charge < -0.3 is 9.40 Å². The van der Waals surface area contributed by atoms with Gasteiger partial charge in [0.1, 0.15) is 10.6 Å². The van der Waals surface area contributed by atoms with Gasteiger partial charge in [-0.1, -0.05) is 41.9 Å². The molecule has 0 saturated heterocycles. The van der Waals surface area contributed by atoms with Crippen LogP contribution in [0.4, 0.5) is 13.2 Å². The van der Waals surface area contributed by atoms with Crippen molar-refractivity contribution in [3.05, 3.63) is 94.8 Å². The number of hydrogen-bond donors (Lipinski definition) is 0. The molecule has 154 valence electrons. The number of nitrogens with zero attached hydrogens (tertiary/aromatic N) is 4. The predicted molar refractivity (Wildman–Crippen MR) is 104 cm³/mol. The molecule has 0 aliphatic carbocycles. The highest BCUT2D eigenvalue weighted by atomic mass is 35.5. The molecule has 3 aromatic rings. The van der Waals surface area contributed by atoms with Gasteiger partial charge in [-0.15, -0.1) is 0 Å². The van der Waals surface area contributed by atoms with Gasteiger partial charge in [0, 0.05) is 12.4 Å². The van der Waals surface area contributed by atoms with Crippen molar-refractivity contribution in [2.24, 2.45) is 10.1 Å². The Morgan fingerprint density at radius 1 is 1.07 bits per heavy atom. The molecule has 2 heterocycles. The molecule has 30 heavy (non-hydrogen) atoms. The fraction of sp³-hybridized carbons (Fsp3) is 0.100. The molecule has 0 spiro atoms. The van der Waals surface area contributed by atoms with Crippen molar-refractivity contribution in [3.63, 3.8) is 0 Å². The first-order valence-corrected chi connectivity index (χ1v) is 8.93. The quantitative estimate of drug-likeness (QED) is 0.203. The summed E-state index contributed by atoms with van der Waals surface area (Å²) in [7, 11) is 0. The maximum absolute atomic E-state index is 13.4. The lowest BCUT2D eigenvalue weighted by Gasteiger charge is -2.09. The first-order valence-electron chi connectivity index (χ1n) is 8.55. The summed E-state index contributed by atoms with van der Waals surface area (Å²) < 4.78 is 41.7. The Hall–Kier alpha value is -3.46. The molecule has 6 nitrogen and oxygen atoms in total. The smallest absolute Gasteiger partial charge is 0.328 e. The third-order valence-corrected chi connectivity index (χ3v) is 3.98. The topological polar surface area (TPSA) is 68.8 Å². The summed E-state index contributed by atoms with van der Waals surface area (Å²) in [4.78, 5) is 23.9. The van der Waals surface area contributed by atoms with Crippen molar-refractivity contribution >= 4 is 23.4 Å². The second-order valence-electron chi connectivity index (χ2n) is 5.95. The van der Waals surface area contributed by atoms with Crippen LogP contribution in [0.25, 0.3) is 0 Å². The van der Waals surface area contributed by atoms with Gasteiger partial charge >= 0.3 is 12.1 Å². The molecule has 0 aliphatic heterocycles. The van der Waals surface area contributed by atoms with E-state index in [-0.39, 0.29) is 17.6 Å². The minimum absolute atomic E-state index is 0.0423. The number of hydrogen-bond acceptors (Lipinski definition) is 4. The molecule has 0 bridgehead atoms. The van der Waals surface area contributed by atoms with Crippen molar-refractivity contribution in [2.75, 3.05) is 0 Å². The number of amidine groups is 1. The second kappa shape index (κ2) is 9.36. The highest BCUT2D eigenvalue weighted by Crippen LogP contribution is 2.18. The highest BCUT2D eigenvalue weighted by molar-refractivity contribution is 6.29. The number of rotatable bonds is 4. The van der Waals surface area contributed by atoms with Gasteiger partial charge in [-0.05, 0) is 41.1 Å². The van der Waals surface area contributed by atoms with Crippen LogP contribution >= 0.6 is 11.6 Å². The van der Waals surface area contributed by atoms with Crippen LogP contribution in [0.2, 0.25) is 5.15 Å². The number of oxime groups is 1. The van der Waals surface area contributed by atoms with Gasteiger partial charge in [0.15, 0.2) is 0 Å². The zero-order valence-electron chi connectivity index (χ0n) is 15.3. The van der Waals surface area contributed by atoms with E-state index in [0.717, 1.165) is 0 Å². The van der Waals surface area contributed by atoms with E-state index in [1.807, 2.05) is 0 Å². The van der Waals surface area contributed by atoms with E-state index >= 15 is 0 Å². The Kier molecular flexibility index (Phi) is 6.63. The van der Waals surface area contributed by atoms with E-state index in [4.69, 9.17) is 11.6 Å². The molecule has 0 atom stereocenters. The van der Waals surface area contributed by atoms with Crippen molar-refractivity contribution in [1.29, 1.82) is 0 Å². The number of benzene rings is 1. The Balaban J connectivity index is 1.92. The number of pyridine rings is 2. The van der Waals surface area contributed by atoms with Crippen LogP contribution < -0.4 is 5.49 Å². The van der Waals surface area contributed by atoms with E-state index in [2.05, 4.69) is 20.0 Å². The SMILES string of the molecule is O=C(ON=C(/N=c1\ccccn1Cc1ccc(Cl)nc1)C(F)(F)F)c1ccccc1. The Labute approximate surface area is 173 Å². The van der Waals surface area contributed by atoms with Crippen LogP contribution in [0.1, 0.15) is 15.9 Å². The van der Waals surface area contributed by atoms with Gasteiger partial charge in [-0.25, -0.2) is 14.8 Å². The molecule has 0 saturated carbocycles. The normalized spacial score (nSPS) is 12.7. The van der Waals surface area contributed by atoms with Crippen LogP contribution in [0, 0.1) is 0 Å². The third kappa shape index (κ3) is 5.77. The van der Waals surface area contributed by atoms with Gasteiger partial charge in [0.2, 0.25) is 0 Å². The van der Waals surface area contributed by atoms with Gasteiger partial charge in [0.25, 0.3) is 5.84 Å². The first kappa shape index (κ1) is 21.3. The summed E-state index contributed by atoms with van der Waals surface area (Å²) in [6.45, 7) is 0.193. The predicted octanol–water partition coefficient (Wildman–Crippen LogP) is 4.22. The molecule has 0 unspecified atom stereocenters. The zero-order chi connectivity index (χ0) is 21.6. The van der Waals surface area contributed by atoms with E-state index in [0.29, 0.717) is 10.7 Å². The molecule has 0 radical (unpaired) electrons. The van der Waals surface area contributed by atoms with Crippen LogP contribution in [0.5, 0.6) is 0 Å². The molecule has 0 aliphatic rings. The van der Waals surface area contributed by atoms with E-state index in [9.17, 15) is 18.0 Å². The van der Waals surface area contributed by atoms with Crippen LogP contribution in [-0.2, 0) is 11.4 Å². The number of carbonyl (C=O) groups is 1. The monoisotopic (exact) mass is 434 g/mol. The number of alkyl halides is 3. The van der Waals surface area contributed by atoms with Crippen LogP contribution in [0.3, 0.4) is 0 Å². The lowest BCUT2D eigenvalue weighted by Crippen LogP contribution is -2.28. The van der Waals surface area contributed by atoms with E-state index in [1.54, 1.807) is 42.6 Å². The van der Waals surface area contributed by atoms with Crippen LogP contribution in [0.15, 0.2) is 83.2 Å². The fourth-order valence-electron chi connectivity index (χ4n) is 2.35. The van der Waals surface area contributed by atoms with Gasteiger partial charge in [0.05, 0.1) is 12.1 Å². The summed E-state index contributed by atoms with van der Waals surface area (Å²) in [6.07, 6.45) is -1.88. The minimum atomic E-state index is -4.94. The number of aromatic nitrogens is 2. The molecular weight excluding hydrogens is 421 g/mol. The summed E-state index contributed by atoms with van der Waals surface area (Å²) >= 11 is 5.75. The molecule has 0 amide bonds. The maximum Gasteiger partial charge on any atom is 0.455 e. The molecule has 2 aromatic heterocycles. The molecular formula is C20H14ClF3N4O2. The van der Waals surface area contributed by atoms with Crippen molar-refractivity contribution in [2.45, 2.75) is 12.7 Å². The third-order valence-electron chi connectivity index (χ3n) is 3.76. The van der Waals surface area contributed by atoms with E-state index < -0.39 is 18.0 Å². The molecule has 3 rings (SSSR count). The van der Waals surface area contributed by atoms with Gasteiger partial charge in [-0.3, -0.25) is 0 Å². The summed E-state index contributed by atoms with van der Waals surface area (Å²) in [6, 6.07) is 15.4. The summed E-state index contributed by atoms with van der Waals surface area (Å²) in [5.74, 6) is -2.62. The maximum atomic E-state index is 13.4. The lowest BCUT2D eigenvalue weighted by molar-refractivity contribution is -0.0624. The minimum Gasteiger partial charge on any atom is -0.328 e. The first-order chi connectivity index (χ1) is 14.3. The molecule has 10 heteroatoms. The van der Waals surface area contributed by atoms with Crippen LogP contribution in [-0.4, -0.2) is 27.5 Å². The van der Waals surface area contributed by atoms with E-state index in [1.165, 1.54) is 35.0 Å². The summed E-state index contributed by atoms with van der Waals surface area (Å²) in [5, 5.41) is 3.26. The standard InChI is InChI=1S/C20H14ClF3N4O2/c21-16-10-9-14(12-25-16)13-28-11-5-4-8-17(28)26-19(20(22,23)24)27-30-18(29)15-6-2-1-3-7-15/h1-12H,13H2/b26-17+,27-19?. The lowest BCUT2D eigenvalue weighted by atomic mass is 10.2. The Morgan fingerprint density at radius 3 is 2.47 bits per heavy atom.